The molecule has 0 atom stereocenters. The number of benzene rings is 1. The number of aryl methyl sites for hydroxylation is 1. The average Bonchev–Trinajstić information content (AvgIpc) is 2.27. The molecule has 0 heterocycles. The second-order valence-electron chi connectivity index (χ2n) is 4.98. The van der Waals surface area contributed by atoms with E-state index < -0.39 is 0 Å². The molecule has 1 rings (SSSR count). The van der Waals surface area contributed by atoms with Crippen molar-refractivity contribution in [2.75, 3.05) is 13.7 Å². The SMILES string of the molecule is CCc1ccc(OC)c(COCC(C)(C)N)c1. The van der Waals surface area contributed by atoms with Crippen molar-refractivity contribution in [2.24, 2.45) is 5.73 Å². The van der Waals surface area contributed by atoms with Crippen LogP contribution < -0.4 is 10.5 Å². The van der Waals surface area contributed by atoms with Crippen LogP contribution in [0.25, 0.3) is 0 Å². The van der Waals surface area contributed by atoms with Gasteiger partial charge in [-0.3, -0.25) is 0 Å². The van der Waals surface area contributed by atoms with Gasteiger partial charge >= 0.3 is 0 Å². The molecule has 3 heteroatoms. The molecular formula is C14H23NO2. The number of rotatable bonds is 6. The van der Waals surface area contributed by atoms with Crippen molar-refractivity contribution in [2.45, 2.75) is 39.3 Å². The van der Waals surface area contributed by atoms with Crippen LogP contribution in [0.15, 0.2) is 18.2 Å². The van der Waals surface area contributed by atoms with Crippen molar-refractivity contribution in [1.29, 1.82) is 0 Å². The van der Waals surface area contributed by atoms with Crippen molar-refractivity contribution in [1.82, 2.24) is 0 Å². The van der Waals surface area contributed by atoms with Crippen molar-refractivity contribution in [3.05, 3.63) is 29.3 Å². The third-order valence-corrected chi connectivity index (χ3v) is 2.48. The maximum Gasteiger partial charge on any atom is 0.124 e. The van der Waals surface area contributed by atoms with Crippen LogP contribution in [-0.2, 0) is 17.8 Å². The highest BCUT2D eigenvalue weighted by Crippen LogP contribution is 2.21. The van der Waals surface area contributed by atoms with Gasteiger partial charge in [0.15, 0.2) is 0 Å². The summed E-state index contributed by atoms with van der Waals surface area (Å²) in [6.45, 7) is 7.11. The van der Waals surface area contributed by atoms with Gasteiger partial charge in [-0.2, -0.15) is 0 Å². The summed E-state index contributed by atoms with van der Waals surface area (Å²) in [6.07, 6.45) is 1.01. The fourth-order valence-electron chi connectivity index (χ4n) is 1.59. The van der Waals surface area contributed by atoms with E-state index in [0.29, 0.717) is 13.2 Å². The van der Waals surface area contributed by atoms with Crippen LogP contribution in [0.3, 0.4) is 0 Å². The Hall–Kier alpha value is -1.06. The van der Waals surface area contributed by atoms with Gasteiger partial charge in [0.05, 0.1) is 20.3 Å². The molecule has 0 radical (unpaired) electrons. The monoisotopic (exact) mass is 237 g/mol. The summed E-state index contributed by atoms with van der Waals surface area (Å²) in [5, 5.41) is 0. The predicted octanol–water partition coefficient (Wildman–Crippen LogP) is 2.51. The number of hydrogen-bond donors (Lipinski definition) is 1. The lowest BCUT2D eigenvalue weighted by Gasteiger charge is -2.19. The minimum Gasteiger partial charge on any atom is -0.496 e. The zero-order chi connectivity index (χ0) is 12.9. The van der Waals surface area contributed by atoms with Crippen LogP contribution >= 0.6 is 0 Å². The summed E-state index contributed by atoms with van der Waals surface area (Å²) in [5.41, 5.74) is 7.94. The van der Waals surface area contributed by atoms with E-state index in [1.807, 2.05) is 19.9 Å². The van der Waals surface area contributed by atoms with Gasteiger partial charge in [-0.1, -0.05) is 13.0 Å². The Balaban J connectivity index is 2.68. The van der Waals surface area contributed by atoms with Crippen LogP contribution in [0.4, 0.5) is 0 Å². The lowest BCUT2D eigenvalue weighted by molar-refractivity contribution is 0.0837. The lowest BCUT2D eigenvalue weighted by atomic mass is 10.1. The molecule has 0 aromatic heterocycles. The number of nitrogens with two attached hydrogens (primary N) is 1. The van der Waals surface area contributed by atoms with Crippen LogP contribution in [0.1, 0.15) is 31.9 Å². The molecule has 0 spiro atoms. The molecule has 3 nitrogen and oxygen atoms in total. The third-order valence-electron chi connectivity index (χ3n) is 2.48. The molecular weight excluding hydrogens is 214 g/mol. The standard InChI is InChI=1S/C14H23NO2/c1-5-11-6-7-13(16-4)12(8-11)9-17-10-14(2,3)15/h6-8H,5,9-10,15H2,1-4H3. The summed E-state index contributed by atoms with van der Waals surface area (Å²) < 4.78 is 10.9. The number of hydrogen-bond acceptors (Lipinski definition) is 3. The predicted molar refractivity (Wildman–Crippen MR) is 70.3 cm³/mol. The first-order chi connectivity index (χ1) is 7.96. The molecule has 0 aliphatic carbocycles. The summed E-state index contributed by atoms with van der Waals surface area (Å²) in [6, 6.07) is 6.20. The Morgan fingerprint density at radius 2 is 2.00 bits per heavy atom. The first-order valence-corrected chi connectivity index (χ1v) is 5.98. The average molecular weight is 237 g/mol. The van der Waals surface area contributed by atoms with E-state index in [1.54, 1.807) is 7.11 Å². The Morgan fingerprint density at radius 1 is 1.29 bits per heavy atom. The zero-order valence-corrected chi connectivity index (χ0v) is 11.2. The van der Waals surface area contributed by atoms with Crippen LogP contribution in [0.5, 0.6) is 5.75 Å². The maximum absolute atomic E-state index is 5.87. The number of ether oxygens (including phenoxy) is 2. The quantitative estimate of drug-likeness (QED) is 0.826. The first kappa shape index (κ1) is 14.0. The van der Waals surface area contributed by atoms with Crippen molar-refractivity contribution in [3.8, 4) is 5.75 Å². The smallest absolute Gasteiger partial charge is 0.124 e. The molecule has 0 amide bonds. The van der Waals surface area contributed by atoms with Crippen LogP contribution in [-0.4, -0.2) is 19.3 Å². The molecule has 0 fully saturated rings. The Kier molecular flexibility index (Phi) is 4.97. The van der Waals surface area contributed by atoms with Gasteiger partial charge in [0.1, 0.15) is 5.75 Å². The van der Waals surface area contributed by atoms with Gasteiger partial charge in [-0.15, -0.1) is 0 Å². The van der Waals surface area contributed by atoms with E-state index in [-0.39, 0.29) is 5.54 Å². The molecule has 2 N–H and O–H groups in total. The fourth-order valence-corrected chi connectivity index (χ4v) is 1.59. The molecule has 0 aliphatic rings. The zero-order valence-electron chi connectivity index (χ0n) is 11.2. The minimum absolute atomic E-state index is 0.296. The molecule has 96 valence electrons. The second kappa shape index (κ2) is 6.03. The van der Waals surface area contributed by atoms with Gasteiger partial charge in [-0.05, 0) is 38.0 Å². The van der Waals surface area contributed by atoms with E-state index in [4.69, 9.17) is 15.2 Å². The van der Waals surface area contributed by atoms with Crippen molar-refractivity contribution < 1.29 is 9.47 Å². The highest BCUT2D eigenvalue weighted by Gasteiger charge is 2.11. The van der Waals surface area contributed by atoms with Gasteiger partial charge < -0.3 is 15.2 Å². The summed E-state index contributed by atoms with van der Waals surface area (Å²) in [4.78, 5) is 0. The lowest BCUT2D eigenvalue weighted by Crippen LogP contribution is -2.37. The molecule has 17 heavy (non-hydrogen) atoms. The first-order valence-electron chi connectivity index (χ1n) is 5.98. The van der Waals surface area contributed by atoms with E-state index in [0.717, 1.165) is 17.7 Å². The van der Waals surface area contributed by atoms with E-state index in [9.17, 15) is 0 Å². The molecule has 1 aromatic rings. The fraction of sp³-hybridized carbons (Fsp3) is 0.571. The van der Waals surface area contributed by atoms with E-state index in [1.165, 1.54) is 5.56 Å². The minimum atomic E-state index is -0.296. The van der Waals surface area contributed by atoms with Gasteiger partial charge in [0.2, 0.25) is 0 Å². The topological polar surface area (TPSA) is 44.5 Å². The Morgan fingerprint density at radius 3 is 2.53 bits per heavy atom. The van der Waals surface area contributed by atoms with E-state index >= 15 is 0 Å². The van der Waals surface area contributed by atoms with Gasteiger partial charge in [0, 0.05) is 11.1 Å². The maximum atomic E-state index is 5.87. The molecule has 1 aromatic carbocycles. The van der Waals surface area contributed by atoms with Crippen LogP contribution in [0.2, 0.25) is 0 Å². The number of methoxy groups -OCH3 is 1. The third kappa shape index (κ3) is 4.75. The normalized spacial score (nSPS) is 11.6. The molecule has 0 saturated heterocycles. The van der Waals surface area contributed by atoms with E-state index in [2.05, 4.69) is 19.1 Å². The molecule has 0 unspecified atom stereocenters. The highest BCUT2D eigenvalue weighted by molar-refractivity contribution is 5.36. The van der Waals surface area contributed by atoms with Crippen molar-refractivity contribution >= 4 is 0 Å². The van der Waals surface area contributed by atoms with Crippen LogP contribution in [0, 0.1) is 0 Å². The largest absolute Gasteiger partial charge is 0.496 e. The van der Waals surface area contributed by atoms with Crippen molar-refractivity contribution in [3.63, 3.8) is 0 Å². The molecule has 0 aliphatic heterocycles. The molecule has 0 saturated carbocycles. The Bertz CT molecular complexity index is 356. The second-order valence-corrected chi connectivity index (χ2v) is 4.98. The summed E-state index contributed by atoms with van der Waals surface area (Å²) in [5.74, 6) is 0.872. The molecule has 0 bridgehead atoms. The summed E-state index contributed by atoms with van der Waals surface area (Å²) >= 11 is 0. The Labute approximate surface area is 104 Å². The van der Waals surface area contributed by atoms with Gasteiger partial charge in [-0.25, -0.2) is 0 Å². The summed E-state index contributed by atoms with van der Waals surface area (Å²) in [7, 11) is 1.68. The van der Waals surface area contributed by atoms with Gasteiger partial charge in [0.25, 0.3) is 0 Å². The highest BCUT2D eigenvalue weighted by atomic mass is 16.5.